The predicted octanol–water partition coefficient (Wildman–Crippen LogP) is 2.47. The van der Waals surface area contributed by atoms with Crippen molar-refractivity contribution in [1.29, 1.82) is 0 Å². The molecule has 0 aromatic carbocycles. The molecule has 0 saturated carbocycles. The molecule has 0 amide bonds. The van der Waals surface area contributed by atoms with Crippen molar-refractivity contribution >= 4 is 33.2 Å². The van der Waals surface area contributed by atoms with Gasteiger partial charge in [-0.1, -0.05) is 28.4 Å². The Morgan fingerprint density at radius 3 is 2.60 bits per heavy atom. The maximum Gasteiger partial charge on any atom is 0.242 e. The van der Waals surface area contributed by atoms with E-state index in [4.69, 9.17) is 27.7 Å². The van der Waals surface area contributed by atoms with E-state index in [0.29, 0.717) is 17.0 Å². The van der Waals surface area contributed by atoms with Crippen molar-refractivity contribution in [2.75, 3.05) is 0 Å². The maximum absolute atomic E-state index is 12.1. The van der Waals surface area contributed by atoms with Crippen LogP contribution in [0.15, 0.2) is 21.7 Å². The molecule has 0 unspecified atom stereocenters. The van der Waals surface area contributed by atoms with Gasteiger partial charge in [0.15, 0.2) is 0 Å². The SMILES string of the molecule is Cc1noc(C)c1CNS(=O)(=O)c1cnc(Cl)c(Cl)c1. The van der Waals surface area contributed by atoms with Crippen molar-refractivity contribution in [2.45, 2.75) is 25.3 Å². The molecule has 2 rings (SSSR count). The van der Waals surface area contributed by atoms with E-state index in [1.165, 1.54) is 6.07 Å². The van der Waals surface area contributed by atoms with Gasteiger partial charge in [0.1, 0.15) is 15.8 Å². The molecular formula is C11H11Cl2N3O3S. The van der Waals surface area contributed by atoms with E-state index in [-0.39, 0.29) is 21.6 Å². The second-order valence-corrected chi connectivity index (χ2v) is 6.60. The average molecular weight is 336 g/mol. The lowest BCUT2D eigenvalue weighted by Crippen LogP contribution is -2.24. The smallest absolute Gasteiger partial charge is 0.242 e. The van der Waals surface area contributed by atoms with Crippen LogP contribution in [0.4, 0.5) is 0 Å². The molecule has 0 aliphatic carbocycles. The zero-order valence-corrected chi connectivity index (χ0v) is 13.0. The molecule has 0 aliphatic rings. The van der Waals surface area contributed by atoms with Gasteiger partial charge in [-0.15, -0.1) is 0 Å². The molecule has 0 saturated heterocycles. The third-order valence-electron chi connectivity index (χ3n) is 2.70. The molecule has 0 atom stereocenters. The first kappa shape index (κ1) is 15.2. The summed E-state index contributed by atoms with van der Waals surface area (Å²) in [5.41, 5.74) is 1.33. The average Bonchev–Trinajstić information content (AvgIpc) is 2.70. The second kappa shape index (κ2) is 5.69. The van der Waals surface area contributed by atoms with Gasteiger partial charge < -0.3 is 4.52 Å². The Morgan fingerprint density at radius 2 is 2.05 bits per heavy atom. The normalized spacial score (nSPS) is 11.8. The summed E-state index contributed by atoms with van der Waals surface area (Å²) in [4.78, 5) is 3.65. The summed E-state index contributed by atoms with van der Waals surface area (Å²) in [6.45, 7) is 3.52. The Morgan fingerprint density at radius 1 is 1.35 bits per heavy atom. The molecule has 9 heteroatoms. The molecule has 2 heterocycles. The highest BCUT2D eigenvalue weighted by molar-refractivity contribution is 7.89. The molecule has 1 N–H and O–H groups in total. The van der Waals surface area contributed by atoms with Gasteiger partial charge in [-0.25, -0.2) is 18.1 Å². The van der Waals surface area contributed by atoms with Crippen LogP contribution < -0.4 is 4.72 Å². The Balaban J connectivity index is 2.21. The number of hydrogen-bond donors (Lipinski definition) is 1. The molecular weight excluding hydrogens is 325 g/mol. The van der Waals surface area contributed by atoms with E-state index in [0.717, 1.165) is 6.20 Å². The fraction of sp³-hybridized carbons (Fsp3) is 0.273. The second-order valence-electron chi connectivity index (χ2n) is 4.07. The first-order chi connectivity index (χ1) is 9.31. The molecule has 20 heavy (non-hydrogen) atoms. The first-order valence-corrected chi connectivity index (χ1v) is 7.77. The number of halogens is 2. The Bertz CT molecular complexity index is 724. The summed E-state index contributed by atoms with van der Waals surface area (Å²) < 4.78 is 31.6. The largest absolute Gasteiger partial charge is 0.361 e. The van der Waals surface area contributed by atoms with Crippen LogP contribution in [0.2, 0.25) is 10.2 Å². The van der Waals surface area contributed by atoms with Gasteiger partial charge in [-0.05, 0) is 19.9 Å². The number of aryl methyl sites for hydroxylation is 2. The number of hydrogen-bond acceptors (Lipinski definition) is 5. The van der Waals surface area contributed by atoms with Crippen LogP contribution in [0.3, 0.4) is 0 Å². The topological polar surface area (TPSA) is 85.1 Å². The maximum atomic E-state index is 12.1. The van der Waals surface area contributed by atoms with Gasteiger partial charge in [0.25, 0.3) is 0 Å². The monoisotopic (exact) mass is 335 g/mol. The number of nitrogens with zero attached hydrogens (tertiary/aromatic N) is 2. The van der Waals surface area contributed by atoms with Gasteiger partial charge in [0.2, 0.25) is 10.0 Å². The van der Waals surface area contributed by atoms with E-state index in [9.17, 15) is 8.42 Å². The van der Waals surface area contributed by atoms with Crippen molar-refractivity contribution in [1.82, 2.24) is 14.9 Å². The summed E-state index contributed by atoms with van der Waals surface area (Å²) >= 11 is 11.4. The van der Waals surface area contributed by atoms with Crippen molar-refractivity contribution in [3.8, 4) is 0 Å². The molecule has 0 fully saturated rings. The third kappa shape index (κ3) is 3.12. The van der Waals surface area contributed by atoms with Gasteiger partial charge in [-0.2, -0.15) is 0 Å². The lowest BCUT2D eigenvalue weighted by molar-refractivity contribution is 0.392. The Kier molecular flexibility index (Phi) is 4.33. The van der Waals surface area contributed by atoms with Crippen molar-refractivity contribution < 1.29 is 12.9 Å². The molecule has 0 spiro atoms. The quantitative estimate of drug-likeness (QED) is 0.867. The van der Waals surface area contributed by atoms with Crippen molar-refractivity contribution in [3.63, 3.8) is 0 Å². The third-order valence-corrected chi connectivity index (χ3v) is 4.76. The summed E-state index contributed by atoms with van der Waals surface area (Å²) in [6, 6.07) is 1.24. The number of pyridine rings is 1. The van der Waals surface area contributed by atoms with Crippen LogP contribution >= 0.6 is 23.2 Å². The highest BCUT2D eigenvalue weighted by Gasteiger charge is 2.18. The van der Waals surface area contributed by atoms with Crippen LogP contribution in [0.1, 0.15) is 17.0 Å². The van der Waals surface area contributed by atoms with E-state index in [1.807, 2.05) is 0 Å². The molecule has 108 valence electrons. The van der Waals surface area contributed by atoms with Crippen molar-refractivity contribution in [2.24, 2.45) is 0 Å². The highest BCUT2D eigenvalue weighted by atomic mass is 35.5. The number of aromatic nitrogens is 2. The minimum atomic E-state index is -3.73. The van der Waals surface area contributed by atoms with Crippen molar-refractivity contribution in [3.05, 3.63) is 39.5 Å². The van der Waals surface area contributed by atoms with Gasteiger partial charge in [-0.3, -0.25) is 0 Å². The van der Waals surface area contributed by atoms with Gasteiger partial charge >= 0.3 is 0 Å². The summed E-state index contributed by atoms with van der Waals surface area (Å²) in [7, 11) is -3.73. The van der Waals surface area contributed by atoms with E-state index in [1.54, 1.807) is 13.8 Å². The van der Waals surface area contributed by atoms with E-state index < -0.39 is 10.0 Å². The highest BCUT2D eigenvalue weighted by Crippen LogP contribution is 2.22. The number of rotatable bonds is 4. The first-order valence-electron chi connectivity index (χ1n) is 5.53. The van der Waals surface area contributed by atoms with Crippen LogP contribution in [-0.4, -0.2) is 18.6 Å². The van der Waals surface area contributed by atoms with Gasteiger partial charge in [0.05, 0.1) is 10.7 Å². The molecule has 6 nitrogen and oxygen atoms in total. The van der Waals surface area contributed by atoms with Gasteiger partial charge in [0, 0.05) is 18.3 Å². The fourth-order valence-electron chi connectivity index (χ4n) is 1.56. The molecule has 0 aliphatic heterocycles. The van der Waals surface area contributed by atoms with Crippen LogP contribution in [0, 0.1) is 13.8 Å². The zero-order valence-electron chi connectivity index (χ0n) is 10.6. The predicted molar refractivity (Wildman–Crippen MR) is 74.3 cm³/mol. The van der Waals surface area contributed by atoms with Crippen LogP contribution in [0.25, 0.3) is 0 Å². The van der Waals surface area contributed by atoms with Crippen LogP contribution in [0.5, 0.6) is 0 Å². The minimum absolute atomic E-state index is 0.0522. The molecule has 2 aromatic heterocycles. The summed E-state index contributed by atoms with van der Waals surface area (Å²) in [5, 5.41) is 3.88. The Hall–Kier alpha value is -1.15. The van der Waals surface area contributed by atoms with E-state index >= 15 is 0 Å². The lowest BCUT2D eigenvalue weighted by Gasteiger charge is -2.07. The number of nitrogens with one attached hydrogen (secondary N) is 1. The molecule has 0 bridgehead atoms. The van der Waals surface area contributed by atoms with Crippen LogP contribution in [-0.2, 0) is 16.6 Å². The van der Waals surface area contributed by atoms with E-state index in [2.05, 4.69) is 14.9 Å². The molecule has 2 aromatic rings. The zero-order chi connectivity index (χ0) is 14.9. The fourth-order valence-corrected chi connectivity index (χ4v) is 2.86. The summed E-state index contributed by atoms with van der Waals surface area (Å²) in [6.07, 6.45) is 1.14. The standard InChI is InChI=1S/C11H11Cl2N3O3S/c1-6-9(7(2)19-16-6)5-15-20(17,18)8-3-10(12)11(13)14-4-8/h3-4,15H,5H2,1-2H3. The molecule has 0 radical (unpaired) electrons. The number of sulfonamides is 1. The lowest BCUT2D eigenvalue weighted by atomic mass is 10.2. The summed E-state index contributed by atoms with van der Waals surface area (Å²) in [5.74, 6) is 0.567. The minimum Gasteiger partial charge on any atom is -0.361 e. The Labute approximate surface area is 126 Å².